The zero-order valence-electron chi connectivity index (χ0n) is 10.8. The topological polar surface area (TPSA) is 55.0 Å². The second-order valence-corrected chi connectivity index (χ2v) is 5.55. The number of nitrogens with zero attached hydrogens (tertiary/aromatic N) is 1. The number of hydrogen-bond donors (Lipinski definition) is 1. The van der Waals surface area contributed by atoms with Gasteiger partial charge in [0.1, 0.15) is 11.9 Å². The molecule has 3 rings (SSSR count). The second-order valence-electron chi connectivity index (χ2n) is 5.55. The third-order valence-corrected chi connectivity index (χ3v) is 4.09. The van der Waals surface area contributed by atoms with Crippen molar-refractivity contribution in [2.75, 3.05) is 0 Å². The van der Waals surface area contributed by atoms with Crippen molar-refractivity contribution >= 4 is 0 Å². The molecule has 1 aliphatic carbocycles. The number of ether oxygens (including phenoxy) is 1. The maximum absolute atomic E-state index is 11.8. The summed E-state index contributed by atoms with van der Waals surface area (Å²) >= 11 is 0. The first kappa shape index (κ1) is 11.9. The highest BCUT2D eigenvalue weighted by Crippen LogP contribution is 2.34. The summed E-state index contributed by atoms with van der Waals surface area (Å²) in [5, 5.41) is 0. The van der Waals surface area contributed by atoms with Crippen LogP contribution in [0.1, 0.15) is 69.0 Å². The Hall–Kier alpha value is -1.16. The quantitative estimate of drug-likeness (QED) is 0.875. The van der Waals surface area contributed by atoms with Crippen LogP contribution in [0.4, 0.5) is 0 Å². The first-order chi connectivity index (χ1) is 8.72. The van der Waals surface area contributed by atoms with Gasteiger partial charge < -0.3 is 9.72 Å². The molecule has 0 aromatic carbocycles. The Balaban J connectivity index is 1.88. The van der Waals surface area contributed by atoms with E-state index < -0.39 is 0 Å². The number of nitrogens with one attached hydrogen (secondary N) is 1. The van der Waals surface area contributed by atoms with Crippen LogP contribution in [0, 0.1) is 0 Å². The third kappa shape index (κ3) is 2.34. The number of hydrogen-bond acceptors (Lipinski definition) is 3. The molecule has 18 heavy (non-hydrogen) atoms. The van der Waals surface area contributed by atoms with Crippen LogP contribution in [0.5, 0.6) is 0 Å². The zero-order valence-corrected chi connectivity index (χ0v) is 10.8. The molecule has 1 aromatic rings. The second kappa shape index (κ2) is 4.84. The van der Waals surface area contributed by atoms with Gasteiger partial charge in [0.25, 0.3) is 5.56 Å². The Morgan fingerprint density at radius 3 is 2.72 bits per heavy atom. The highest BCUT2D eigenvalue weighted by Gasteiger charge is 2.27. The van der Waals surface area contributed by atoms with Crippen molar-refractivity contribution < 1.29 is 4.74 Å². The molecule has 4 heteroatoms. The van der Waals surface area contributed by atoms with E-state index in [0.29, 0.717) is 5.92 Å². The van der Waals surface area contributed by atoms with Gasteiger partial charge in [-0.15, -0.1) is 0 Å². The molecule has 1 saturated heterocycles. The summed E-state index contributed by atoms with van der Waals surface area (Å²) < 4.78 is 5.79. The molecule has 2 unspecified atom stereocenters. The van der Waals surface area contributed by atoms with Crippen molar-refractivity contribution in [2.45, 2.75) is 63.6 Å². The van der Waals surface area contributed by atoms with Crippen LogP contribution in [0.2, 0.25) is 0 Å². The average molecular weight is 248 g/mol. The van der Waals surface area contributed by atoms with Gasteiger partial charge in [-0.3, -0.25) is 4.79 Å². The smallest absolute Gasteiger partial charge is 0.251 e. The molecule has 0 bridgehead atoms. The lowest BCUT2D eigenvalue weighted by molar-refractivity contribution is 0.0499. The van der Waals surface area contributed by atoms with Gasteiger partial charge in [-0.1, -0.05) is 12.8 Å². The van der Waals surface area contributed by atoms with Gasteiger partial charge >= 0.3 is 0 Å². The summed E-state index contributed by atoms with van der Waals surface area (Å²) in [6.45, 7) is 2.07. The Morgan fingerprint density at radius 2 is 2.06 bits per heavy atom. The monoisotopic (exact) mass is 248 g/mol. The molecular weight excluding hydrogens is 228 g/mol. The molecule has 1 aliphatic heterocycles. The van der Waals surface area contributed by atoms with E-state index >= 15 is 0 Å². The minimum atomic E-state index is -0.0370. The summed E-state index contributed by atoms with van der Waals surface area (Å²) in [6, 6.07) is 1.66. The van der Waals surface area contributed by atoms with Crippen molar-refractivity contribution in [2.24, 2.45) is 0 Å². The fraction of sp³-hybridized carbons (Fsp3) is 0.714. The van der Waals surface area contributed by atoms with E-state index in [2.05, 4.69) is 16.9 Å². The van der Waals surface area contributed by atoms with Gasteiger partial charge in [0, 0.05) is 12.0 Å². The molecule has 2 heterocycles. The lowest BCUT2D eigenvalue weighted by atomic mass is 10.0. The average Bonchev–Trinajstić information content (AvgIpc) is 2.98. The van der Waals surface area contributed by atoms with Gasteiger partial charge in [0.05, 0.1) is 11.8 Å². The lowest BCUT2D eigenvalue weighted by Gasteiger charge is -2.13. The molecule has 2 atom stereocenters. The minimum Gasteiger partial charge on any atom is -0.367 e. The maximum Gasteiger partial charge on any atom is 0.251 e. The van der Waals surface area contributed by atoms with Crippen molar-refractivity contribution in [1.82, 2.24) is 9.97 Å². The van der Waals surface area contributed by atoms with E-state index in [9.17, 15) is 4.79 Å². The van der Waals surface area contributed by atoms with Gasteiger partial charge in [0.2, 0.25) is 0 Å². The summed E-state index contributed by atoms with van der Waals surface area (Å²) in [7, 11) is 0. The Bertz CT molecular complexity index is 477. The Labute approximate surface area is 107 Å². The van der Waals surface area contributed by atoms with Crippen LogP contribution in [0.15, 0.2) is 10.9 Å². The van der Waals surface area contributed by atoms with Crippen LogP contribution in [0.3, 0.4) is 0 Å². The molecule has 1 aromatic heterocycles. The molecule has 4 nitrogen and oxygen atoms in total. The van der Waals surface area contributed by atoms with E-state index in [0.717, 1.165) is 37.2 Å². The molecular formula is C14H20N2O2. The minimum absolute atomic E-state index is 0.0194. The molecule has 1 saturated carbocycles. The van der Waals surface area contributed by atoms with E-state index in [-0.39, 0.29) is 17.8 Å². The van der Waals surface area contributed by atoms with E-state index in [1.165, 1.54) is 12.8 Å². The number of H-pyrrole nitrogens is 1. The fourth-order valence-corrected chi connectivity index (χ4v) is 3.08. The third-order valence-electron chi connectivity index (χ3n) is 4.09. The normalized spacial score (nSPS) is 28.9. The van der Waals surface area contributed by atoms with Crippen LogP contribution >= 0.6 is 0 Å². The molecule has 2 aliphatic rings. The van der Waals surface area contributed by atoms with Gasteiger partial charge in [-0.2, -0.15) is 0 Å². The Morgan fingerprint density at radius 1 is 1.28 bits per heavy atom. The predicted octanol–water partition coefficient (Wildman–Crippen LogP) is 2.67. The number of rotatable bonds is 2. The first-order valence-electron chi connectivity index (χ1n) is 6.99. The molecule has 0 radical (unpaired) electrons. The van der Waals surface area contributed by atoms with Crippen molar-refractivity contribution in [3.63, 3.8) is 0 Å². The van der Waals surface area contributed by atoms with Gasteiger partial charge in [-0.25, -0.2) is 4.98 Å². The van der Waals surface area contributed by atoms with Crippen LogP contribution in [-0.4, -0.2) is 16.1 Å². The fourth-order valence-electron chi connectivity index (χ4n) is 3.08. The lowest BCUT2D eigenvalue weighted by Crippen LogP contribution is -2.17. The largest absolute Gasteiger partial charge is 0.367 e. The molecule has 1 N–H and O–H groups in total. The first-order valence-corrected chi connectivity index (χ1v) is 6.99. The Kier molecular flexibility index (Phi) is 3.20. The molecule has 0 spiro atoms. The van der Waals surface area contributed by atoms with Crippen LogP contribution in [-0.2, 0) is 4.74 Å². The summed E-state index contributed by atoms with van der Waals surface area (Å²) in [5.41, 5.74) is 0.930. The summed E-state index contributed by atoms with van der Waals surface area (Å²) in [6.07, 6.45) is 7.09. The number of aromatic amines is 1. The van der Waals surface area contributed by atoms with E-state index in [1.807, 2.05) is 0 Å². The van der Waals surface area contributed by atoms with Crippen LogP contribution in [0.25, 0.3) is 0 Å². The highest BCUT2D eigenvalue weighted by atomic mass is 16.5. The van der Waals surface area contributed by atoms with Gasteiger partial charge in [-0.05, 0) is 32.6 Å². The van der Waals surface area contributed by atoms with Crippen LogP contribution < -0.4 is 5.56 Å². The maximum atomic E-state index is 11.8. The van der Waals surface area contributed by atoms with E-state index in [4.69, 9.17) is 4.74 Å². The molecule has 0 amide bonds. The summed E-state index contributed by atoms with van der Waals surface area (Å²) in [5.74, 6) is 1.21. The molecule has 98 valence electrons. The summed E-state index contributed by atoms with van der Waals surface area (Å²) in [4.78, 5) is 19.2. The van der Waals surface area contributed by atoms with Crippen molar-refractivity contribution in [3.8, 4) is 0 Å². The standard InChI is InChI=1S/C14H20N2O2/c1-9-6-7-12(18-9)14-15-11(8-13(17)16-14)10-4-2-3-5-10/h8-10,12H,2-7H2,1H3,(H,15,16,17). The SMILES string of the molecule is CC1CCC(c2nc(C3CCCC3)cc(=O)[nH]2)O1. The predicted molar refractivity (Wildman–Crippen MR) is 68.6 cm³/mol. The zero-order chi connectivity index (χ0) is 12.5. The number of aromatic nitrogens is 2. The van der Waals surface area contributed by atoms with Gasteiger partial charge in [0.15, 0.2) is 0 Å². The van der Waals surface area contributed by atoms with E-state index in [1.54, 1.807) is 6.07 Å². The van der Waals surface area contributed by atoms with Crippen molar-refractivity contribution in [3.05, 3.63) is 27.9 Å². The highest BCUT2D eigenvalue weighted by molar-refractivity contribution is 5.11. The molecule has 2 fully saturated rings. The van der Waals surface area contributed by atoms with Crippen molar-refractivity contribution in [1.29, 1.82) is 0 Å².